The van der Waals surface area contributed by atoms with E-state index in [0.717, 1.165) is 17.5 Å². The Hall–Kier alpha value is -4.28. The van der Waals surface area contributed by atoms with Gasteiger partial charge in [-0.05, 0) is 66.8 Å². The first kappa shape index (κ1) is 35.6. The minimum atomic E-state index is -1.52. The van der Waals surface area contributed by atoms with Crippen LogP contribution in [0.3, 0.4) is 0 Å². The number of carbonyl (C=O) groups is 3. The van der Waals surface area contributed by atoms with Crippen molar-refractivity contribution in [2.75, 3.05) is 26.7 Å². The molecule has 9 nitrogen and oxygen atoms in total. The molecule has 1 unspecified atom stereocenters. The van der Waals surface area contributed by atoms with E-state index >= 15 is 4.39 Å². The van der Waals surface area contributed by atoms with E-state index in [0.29, 0.717) is 42.5 Å². The molecule has 10 heteroatoms. The second kappa shape index (κ2) is 17.0. The molecule has 1 fully saturated rings. The van der Waals surface area contributed by atoms with Crippen molar-refractivity contribution in [2.45, 2.75) is 70.1 Å². The molecule has 47 heavy (non-hydrogen) atoms. The Morgan fingerprint density at radius 3 is 2.57 bits per heavy atom. The molecular weight excluding hydrogens is 601 g/mol. The summed E-state index contributed by atoms with van der Waals surface area (Å²) in [6.45, 7) is 3.13. The van der Waals surface area contributed by atoms with E-state index in [1.165, 1.54) is 13.2 Å². The number of amides is 2. The van der Waals surface area contributed by atoms with Crippen LogP contribution in [-0.4, -0.2) is 60.8 Å². The van der Waals surface area contributed by atoms with E-state index in [-0.39, 0.29) is 44.9 Å². The van der Waals surface area contributed by atoms with Gasteiger partial charge in [0.2, 0.25) is 5.91 Å². The molecule has 1 heterocycles. The number of hydrogen-bond acceptors (Lipinski definition) is 7. The van der Waals surface area contributed by atoms with Crippen molar-refractivity contribution in [2.24, 2.45) is 11.7 Å². The lowest BCUT2D eigenvalue weighted by molar-refractivity contribution is -0.147. The third kappa shape index (κ3) is 9.39. The Morgan fingerprint density at radius 2 is 1.83 bits per heavy atom. The Labute approximate surface area is 276 Å². The maximum absolute atomic E-state index is 15.7. The lowest BCUT2D eigenvalue weighted by Crippen LogP contribution is -2.49. The summed E-state index contributed by atoms with van der Waals surface area (Å²) < 4.78 is 25.7. The van der Waals surface area contributed by atoms with Crippen LogP contribution < -0.4 is 11.1 Å². The standard InChI is InChI=1S/C37H46FN3O6/c1-3-26-13-7-14-28(23-26)34-30(16-8-17-31(34)38)37(45,20-10-21-40-36(44)46-2)29-15-9-22-41(24-29)33(42)19-18-32(39)35(43)47-25-27-11-5-4-6-12-27/h4-8,11-14,16-17,23,29,32,45H,3,9-10,15,18-22,24-25,39H2,1-2H3,(H,40,44)/t29-,32+,37?/m1/s1. The van der Waals surface area contributed by atoms with Crippen molar-refractivity contribution in [3.05, 3.63) is 95.3 Å². The predicted octanol–water partition coefficient (Wildman–Crippen LogP) is 5.47. The number of carbonyl (C=O) groups excluding carboxylic acids is 3. The second-order valence-electron chi connectivity index (χ2n) is 12.1. The van der Waals surface area contributed by atoms with Crippen LogP contribution in [0.2, 0.25) is 0 Å². The number of aryl methyl sites for hydroxylation is 1. The van der Waals surface area contributed by atoms with Crippen LogP contribution in [0.15, 0.2) is 72.8 Å². The fourth-order valence-corrected chi connectivity index (χ4v) is 6.29. The van der Waals surface area contributed by atoms with Crippen LogP contribution in [0.4, 0.5) is 9.18 Å². The highest BCUT2D eigenvalue weighted by Crippen LogP contribution is 2.44. The zero-order chi connectivity index (χ0) is 33.8. The highest BCUT2D eigenvalue weighted by molar-refractivity contribution is 5.79. The van der Waals surface area contributed by atoms with Crippen LogP contribution in [0.1, 0.15) is 62.1 Å². The molecule has 0 spiro atoms. The van der Waals surface area contributed by atoms with Crippen molar-refractivity contribution in [1.29, 1.82) is 0 Å². The number of esters is 1. The first-order valence-corrected chi connectivity index (χ1v) is 16.3. The average Bonchev–Trinajstić information content (AvgIpc) is 3.11. The molecule has 3 aromatic carbocycles. The summed E-state index contributed by atoms with van der Waals surface area (Å²) in [4.78, 5) is 39.3. The van der Waals surface area contributed by atoms with Gasteiger partial charge < -0.3 is 30.5 Å². The molecule has 0 radical (unpaired) electrons. The normalized spacial score (nSPS) is 16.5. The van der Waals surface area contributed by atoms with E-state index < -0.39 is 35.4 Å². The number of ether oxygens (including phenoxy) is 2. The number of halogens is 1. The summed E-state index contributed by atoms with van der Waals surface area (Å²) in [6, 6.07) is 20.7. The summed E-state index contributed by atoms with van der Waals surface area (Å²) in [5, 5.41) is 15.3. The van der Waals surface area contributed by atoms with Crippen molar-refractivity contribution in [1.82, 2.24) is 10.2 Å². The third-order valence-corrected chi connectivity index (χ3v) is 8.94. The number of piperidine rings is 1. The van der Waals surface area contributed by atoms with Gasteiger partial charge in [-0.2, -0.15) is 0 Å². The summed E-state index contributed by atoms with van der Waals surface area (Å²) in [5.41, 5.74) is 7.89. The number of nitrogens with one attached hydrogen (secondary N) is 1. The molecule has 0 bridgehead atoms. The molecule has 0 aromatic heterocycles. The zero-order valence-electron chi connectivity index (χ0n) is 27.3. The highest BCUT2D eigenvalue weighted by Gasteiger charge is 2.43. The number of likely N-dealkylation sites (tertiary alicyclic amines) is 1. The van der Waals surface area contributed by atoms with Gasteiger partial charge in [0.25, 0.3) is 0 Å². The van der Waals surface area contributed by atoms with Gasteiger partial charge in [0.15, 0.2) is 0 Å². The van der Waals surface area contributed by atoms with Crippen LogP contribution >= 0.6 is 0 Å². The van der Waals surface area contributed by atoms with E-state index in [2.05, 4.69) is 10.1 Å². The Bertz CT molecular complexity index is 1500. The Morgan fingerprint density at radius 1 is 1.09 bits per heavy atom. The molecule has 3 atom stereocenters. The van der Waals surface area contributed by atoms with E-state index in [1.807, 2.05) is 61.5 Å². The van der Waals surface area contributed by atoms with Gasteiger partial charge in [-0.15, -0.1) is 0 Å². The molecule has 1 aliphatic rings. The van der Waals surface area contributed by atoms with Gasteiger partial charge in [0, 0.05) is 37.5 Å². The second-order valence-corrected chi connectivity index (χ2v) is 12.1. The van der Waals surface area contributed by atoms with Crippen LogP contribution in [0, 0.1) is 11.7 Å². The lowest BCUT2D eigenvalue weighted by Gasteiger charge is -2.44. The van der Waals surface area contributed by atoms with Gasteiger partial charge in [-0.1, -0.05) is 73.7 Å². The SMILES string of the molecule is CCc1cccc(-c2c(F)cccc2C(O)(CCCNC(=O)OC)[C@@H]2CCCN(C(=O)CC[C@H](N)C(=O)OCc3ccccc3)C2)c1. The smallest absolute Gasteiger partial charge is 0.406 e. The van der Waals surface area contributed by atoms with E-state index in [9.17, 15) is 19.5 Å². The minimum Gasteiger partial charge on any atom is -0.460 e. The number of methoxy groups -OCH3 is 1. The third-order valence-electron chi connectivity index (χ3n) is 8.94. The quantitative estimate of drug-likeness (QED) is 0.156. The molecule has 4 rings (SSSR count). The van der Waals surface area contributed by atoms with Crippen LogP contribution in [-0.2, 0) is 37.7 Å². The van der Waals surface area contributed by atoms with Gasteiger partial charge in [0.1, 0.15) is 18.5 Å². The first-order valence-electron chi connectivity index (χ1n) is 16.3. The van der Waals surface area contributed by atoms with E-state index in [4.69, 9.17) is 10.5 Å². The largest absolute Gasteiger partial charge is 0.460 e. The molecule has 4 N–H and O–H groups in total. The van der Waals surface area contributed by atoms with Crippen molar-refractivity contribution in [3.63, 3.8) is 0 Å². The van der Waals surface area contributed by atoms with Gasteiger partial charge in [-0.25, -0.2) is 9.18 Å². The first-order chi connectivity index (χ1) is 22.7. The summed E-state index contributed by atoms with van der Waals surface area (Å²) in [7, 11) is 1.28. The molecular formula is C37H46FN3O6. The highest BCUT2D eigenvalue weighted by atomic mass is 19.1. The molecule has 1 saturated heterocycles. The van der Waals surface area contributed by atoms with Crippen LogP contribution in [0.25, 0.3) is 11.1 Å². The summed E-state index contributed by atoms with van der Waals surface area (Å²) >= 11 is 0. The molecule has 0 saturated carbocycles. The molecule has 252 valence electrons. The minimum absolute atomic E-state index is 0.0465. The number of nitrogens with two attached hydrogens (primary N) is 1. The average molecular weight is 648 g/mol. The number of hydrogen-bond donors (Lipinski definition) is 3. The number of aliphatic hydroxyl groups is 1. The topological polar surface area (TPSA) is 131 Å². The van der Waals surface area contributed by atoms with Gasteiger partial charge in [-0.3, -0.25) is 9.59 Å². The Balaban J connectivity index is 1.51. The summed E-state index contributed by atoms with van der Waals surface area (Å²) in [5.74, 6) is -1.61. The van der Waals surface area contributed by atoms with Crippen molar-refractivity contribution < 1.29 is 33.4 Å². The number of nitrogens with zero attached hydrogens (tertiary/aromatic N) is 1. The molecule has 2 amide bonds. The predicted molar refractivity (Wildman–Crippen MR) is 178 cm³/mol. The van der Waals surface area contributed by atoms with Crippen molar-refractivity contribution in [3.8, 4) is 11.1 Å². The molecule has 0 aliphatic carbocycles. The zero-order valence-corrected chi connectivity index (χ0v) is 27.3. The Kier molecular flexibility index (Phi) is 12.9. The fourth-order valence-electron chi connectivity index (χ4n) is 6.29. The number of rotatable bonds is 14. The van der Waals surface area contributed by atoms with Gasteiger partial charge in [0.05, 0.1) is 12.7 Å². The fraction of sp³-hybridized carbons (Fsp3) is 0.432. The maximum Gasteiger partial charge on any atom is 0.406 e. The lowest BCUT2D eigenvalue weighted by atomic mass is 9.72. The summed E-state index contributed by atoms with van der Waals surface area (Å²) in [6.07, 6.45) is 2.22. The number of benzene rings is 3. The van der Waals surface area contributed by atoms with Gasteiger partial charge >= 0.3 is 12.1 Å². The monoisotopic (exact) mass is 647 g/mol. The molecule has 1 aliphatic heterocycles. The van der Waals surface area contributed by atoms with Crippen molar-refractivity contribution >= 4 is 18.0 Å². The maximum atomic E-state index is 15.7. The van der Waals surface area contributed by atoms with Crippen LogP contribution in [0.5, 0.6) is 0 Å². The molecule has 3 aromatic rings. The number of alkyl carbamates (subject to hydrolysis) is 1. The van der Waals surface area contributed by atoms with E-state index in [1.54, 1.807) is 17.0 Å².